The number of hydrogen-bond donors (Lipinski definition) is 2. The molecule has 14 heavy (non-hydrogen) atoms. The first kappa shape index (κ1) is 10.8. The van der Waals surface area contributed by atoms with Crippen molar-refractivity contribution in [3.8, 4) is 0 Å². The van der Waals surface area contributed by atoms with E-state index < -0.39 is 12.0 Å². The molecule has 0 aromatic carbocycles. The first-order valence-corrected chi connectivity index (χ1v) is 4.79. The highest BCUT2D eigenvalue weighted by molar-refractivity contribution is 5.83. The normalized spacial score (nSPS) is 18.5. The highest BCUT2D eigenvalue weighted by atomic mass is 16.4. The van der Waals surface area contributed by atoms with Crippen LogP contribution in [0.15, 0.2) is 0 Å². The monoisotopic (exact) mass is 200 g/mol. The van der Waals surface area contributed by atoms with E-state index >= 15 is 0 Å². The predicted octanol–water partition coefficient (Wildman–Crippen LogP) is 0.511. The molecule has 1 rings (SSSR count). The third-order valence-corrected chi connectivity index (χ3v) is 2.25. The summed E-state index contributed by atoms with van der Waals surface area (Å²) in [5.74, 6) is -0.653. The molecule has 1 fully saturated rings. The maximum atomic E-state index is 11.3. The lowest BCUT2D eigenvalue weighted by atomic mass is 10.0. The van der Waals surface area contributed by atoms with Gasteiger partial charge in [-0.2, -0.15) is 0 Å². The van der Waals surface area contributed by atoms with Crippen LogP contribution < -0.4 is 5.32 Å². The van der Waals surface area contributed by atoms with Gasteiger partial charge in [0.2, 0.25) is 0 Å². The lowest BCUT2D eigenvalue weighted by molar-refractivity contribution is -0.142. The summed E-state index contributed by atoms with van der Waals surface area (Å²) in [5, 5.41) is 11.6. The quantitative estimate of drug-likeness (QED) is 0.694. The number of carboxylic acid groups (broad SMARTS) is 1. The summed E-state index contributed by atoms with van der Waals surface area (Å²) in [4.78, 5) is 23.6. The molecule has 0 saturated carbocycles. The average molecular weight is 200 g/mol. The number of nitrogens with one attached hydrogen (secondary N) is 1. The van der Waals surface area contributed by atoms with Crippen molar-refractivity contribution in [2.45, 2.75) is 26.3 Å². The molecule has 80 valence electrons. The minimum Gasteiger partial charge on any atom is -0.480 e. The summed E-state index contributed by atoms with van der Waals surface area (Å²) >= 11 is 0. The Labute approximate surface area is 83.1 Å². The first-order chi connectivity index (χ1) is 6.52. The molecule has 0 aromatic rings. The van der Waals surface area contributed by atoms with E-state index in [2.05, 4.69) is 5.32 Å². The van der Waals surface area contributed by atoms with Crippen LogP contribution in [0, 0.1) is 5.92 Å². The van der Waals surface area contributed by atoms with Crippen molar-refractivity contribution in [1.82, 2.24) is 10.2 Å². The van der Waals surface area contributed by atoms with Crippen molar-refractivity contribution in [2.24, 2.45) is 5.92 Å². The Bertz CT molecular complexity index is 240. The number of urea groups is 1. The van der Waals surface area contributed by atoms with Crippen LogP contribution >= 0.6 is 0 Å². The minimum atomic E-state index is -0.921. The van der Waals surface area contributed by atoms with Gasteiger partial charge in [-0.25, -0.2) is 9.59 Å². The summed E-state index contributed by atoms with van der Waals surface area (Å²) in [6.07, 6.45) is 0.503. The van der Waals surface area contributed by atoms with Crippen LogP contribution in [0.3, 0.4) is 0 Å². The van der Waals surface area contributed by atoms with Crippen LogP contribution in [-0.2, 0) is 4.79 Å². The molecular formula is C9H16N2O3. The maximum absolute atomic E-state index is 11.3. The van der Waals surface area contributed by atoms with Crippen molar-refractivity contribution >= 4 is 12.0 Å². The molecule has 5 heteroatoms. The molecule has 1 atom stereocenters. The van der Waals surface area contributed by atoms with Gasteiger partial charge in [-0.1, -0.05) is 13.8 Å². The van der Waals surface area contributed by atoms with E-state index in [0.717, 1.165) is 0 Å². The zero-order chi connectivity index (χ0) is 10.7. The molecule has 1 saturated heterocycles. The van der Waals surface area contributed by atoms with E-state index in [1.807, 2.05) is 13.8 Å². The molecule has 0 radical (unpaired) electrons. The zero-order valence-electron chi connectivity index (χ0n) is 8.49. The molecule has 0 spiro atoms. The van der Waals surface area contributed by atoms with Crippen LogP contribution in [0.2, 0.25) is 0 Å². The number of amides is 2. The van der Waals surface area contributed by atoms with Gasteiger partial charge in [0.25, 0.3) is 0 Å². The zero-order valence-corrected chi connectivity index (χ0v) is 8.49. The third-order valence-electron chi connectivity index (χ3n) is 2.25. The van der Waals surface area contributed by atoms with Gasteiger partial charge in [-0.3, -0.25) is 0 Å². The summed E-state index contributed by atoms with van der Waals surface area (Å²) in [6.45, 7) is 4.93. The molecule has 0 bridgehead atoms. The highest BCUT2D eigenvalue weighted by Gasteiger charge is 2.32. The summed E-state index contributed by atoms with van der Waals surface area (Å²) in [5.41, 5.74) is 0. The Balaban J connectivity index is 2.66. The summed E-state index contributed by atoms with van der Waals surface area (Å²) in [6, 6.07) is -0.949. The third kappa shape index (κ3) is 2.37. The number of nitrogens with zero attached hydrogens (tertiary/aromatic N) is 1. The number of hydrogen-bond acceptors (Lipinski definition) is 2. The fourth-order valence-corrected chi connectivity index (χ4v) is 1.59. The largest absolute Gasteiger partial charge is 0.480 e. The van der Waals surface area contributed by atoms with Crippen LogP contribution in [-0.4, -0.2) is 41.1 Å². The van der Waals surface area contributed by atoms with E-state index in [1.165, 1.54) is 4.90 Å². The lowest BCUT2D eigenvalue weighted by Gasteiger charge is -2.24. The number of carboxylic acids is 1. The van der Waals surface area contributed by atoms with Gasteiger partial charge < -0.3 is 15.3 Å². The molecule has 1 unspecified atom stereocenters. The van der Waals surface area contributed by atoms with Gasteiger partial charge in [0.1, 0.15) is 6.04 Å². The number of rotatable bonds is 4. The molecule has 2 N–H and O–H groups in total. The second-order valence-electron chi connectivity index (χ2n) is 3.91. The number of carbonyl (C=O) groups excluding carboxylic acids is 1. The summed E-state index contributed by atoms with van der Waals surface area (Å²) < 4.78 is 0. The molecular weight excluding hydrogens is 184 g/mol. The average Bonchev–Trinajstić information content (AvgIpc) is 2.46. The first-order valence-electron chi connectivity index (χ1n) is 4.79. The van der Waals surface area contributed by atoms with E-state index in [4.69, 9.17) is 5.11 Å². The van der Waals surface area contributed by atoms with E-state index in [0.29, 0.717) is 19.5 Å². The standard InChI is InChI=1S/C9H16N2O3/c1-6(2)5-7(8(12)13)11-4-3-10-9(11)14/h6-7H,3-5H2,1-2H3,(H,10,14)(H,12,13). The predicted molar refractivity (Wildman–Crippen MR) is 51.0 cm³/mol. The van der Waals surface area contributed by atoms with Gasteiger partial charge in [-0.15, -0.1) is 0 Å². The van der Waals surface area contributed by atoms with Gasteiger partial charge in [-0.05, 0) is 12.3 Å². The molecule has 0 aliphatic carbocycles. The smallest absolute Gasteiger partial charge is 0.326 e. The van der Waals surface area contributed by atoms with Gasteiger partial charge in [0.05, 0.1) is 0 Å². The van der Waals surface area contributed by atoms with E-state index in [9.17, 15) is 9.59 Å². The Kier molecular flexibility index (Phi) is 3.33. The topological polar surface area (TPSA) is 69.6 Å². The van der Waals surface area contributed by atoms with Gasteiger partial charge in [0.15, 0.2) is 0 Å². The van der Waals surface area contributed by atoms with Crippen molar-refractivity contribution in [2.75, 3.05) is 13.1 Å². The van der Waals surface area contributed by atoms with Crippen molar-refractivity contribution < 1.29 is 14.7 Å². The Morgan fingerprint density at radius 2 is 2.29 bits per heavy atom. The Morgan fingerprint density at radius 3 is 2.64 bits per heavy atom. The molecule has 1 aliphatic rings. The van der Waals surface area contributed by atoms with Crippen LogP contribution in [0.1, 0.15) is 20.3 Å². The van der Waals surface area contributed by atoms with Crippen molar-refractivity contribution in [1.29, 1.82) is 0 Å². The fourth-order valence-electron chi connectivity index (χ4n) is 1.59. The Hall–Kier alpha value is -1.26. The fraction of sp³-hybridized carbons (Fsp3) is 0.778. The van der Waals surface area contributed by atoms with Crippen LogP contribution in [0.4, 0.5) is 4.79 Å². The number of carbonyl (C=O) groups is 2. The highest BCUT2D eigenvalue weighted by Crippen LogP contribution is 2.14. The Morgan fingerprint density at radius 1 is 1.64 bits per heavy atom. The van der Waals surface area contributed by atoms with Crippen molar-refractivity contribution in [3.05, 3.63) is 0 Å². The second-order valence-corrected chi connectivity index (χ2v) is 3.91. The summed E-state index contributed by atoms with van der Waals surface area (Å²) in [7, 11) is 0. The maximum Gasteiger partial charge on any atom is 0.326 e. The second kappa shape index (κ2) is 4.30. The molecule has 1 heterocycles. The van der Waals surface area contributed by atoms with E-state index in [-0.39, 0.29) is 11.9 Å². The molecule has 5 nitrogen and oxygen atoms in total. The van der Waals surface area contributed by atoms with Crippen LogP contribution in [0.5, 0.6) is 0 Å². The van der Waals surface area contributed by atoms with Gasteiger partial charge >= 0.3 is 12.0 Å². The van der Waals surface area contributed by atoms with Crippen LogP contribution in [0.25, 0.3) is 0 Å². The molecule has 2 amide bonds. The molecule has 0 aromatic heterocycles. The van der Waals surface area contributed by atoms with E-state index in [1.54, 1.807) is 0 Å². The van der Waals surface area contributed by atoms with Crippen molar-refractivity contribution in [3.63, 3.8) is 0 Å². The minimum absolute atomic E-state index is 0.266. The SMILES string of the molecule is CC(C)CC(C(=O)O)N1CCNC1=O. The van der Waals surface area contributed by atoms with Gasteiger partial charge in [0, 0.05) is 13.1 Å². The lowest BCUT2D eigenvalue weighted by Crippen LogP contribution is -2.43. The number of aliphatic carboxylic acids is 1. The molecule has 1 aliphatic heterocycles.